The second kappa shape index (κ2) is 5.96. The van der Waals surface area contributed by atoms with Crippen LogP contribution in [0.2, 0.25) is 10.4 Å². The number of halogens is 2. The normalized spacial score (nSPS) is 24.9. The fourth-order valence-corrected chi connectivity index (χ4v) is 2.51. The molecule has 1 saturated carbocycles. The molecule has 94 valence electrons. The highest BCUT2D eigenvalue weighted by Gasteiger charge is 2.21. The monoisotopic (exact) mass is 274 g/mol. The molecule has 17 heavy (non-hydrogen) atoms. The van der Waals surface area contributed by atoms with Crippen LogP contribution in [0, 0.1) is 0 Å². The van der Waals surface area contributed by atoms with Gasteiger partial charge in [-0.05, 0) is 24.4 Å². The average molecular weight is 275 g/mol. The number of rotatable bonds is 3. The first-order valence-corrected chi connectivity index (χ1v) is 6.58. The molecule has 1 aliphatic carbocycles. The Balaban J connectivity index is 1.92. The number of nitrogens with one attached hydrogen (secondary N) is 1. The van der Waals surface area contributed by atoms with Gasteiger partial charge in [0.2, 0.25) is 5.28 Å². The van der Waals surface area contributed by atoms with Gasteiger partial charge in [0.15, 0.2) is 0 Å². The number of hydrogen-bond donors (Lipinski definition) is 2. The van der Waals surface area contributed by atoms with Gasteiger partial charge < -0.3 is 11.1 Å². The number of hydrogen-bond acceptors (Lipinski definition) is 4. The molecule has 0 bridgehead atoms. The fraction of sp³-hybridized carbons (Fsp3) is 0.636. The molecule has 0 unspecified atom stereocenters. The average Bonchev–Trinajstić information content (AvgIpc) is 2.30. The van der Waals surface area contributed by atoms with E-state index in [9.17, 15) is 0 Å². The molecule has 0 radical (unpaired) electrons. The summed E-state index contributed by atoms with van der Waals surface area (Å²) in [5.74, 6) is 0. The third-order valence-electron chi connectivity index (χ3n) is 3.16. The Bertz CT molecular complexity index is 386. The standard InChI is InChI=1S/C11H16Cl2N4/c12-10-7(6-16-11(13)17-10)5-15-9-4-2-1-3-8(9)14/h6,8-9,15H,1-5,14H2/t8-,9+/m1/s1. The quantitative estimate of drug-likeness (QED) is 0.655. The van der Waals surface area contributed by atoms with Gasteiger partial charge in [-0.2, -0.15) is 0 Å². The molecule has 1 heterocycles. The van der Waals surface area contributed by atoms with Crippen LogP contribution in [0.25, 0.3) is 0 Å². The summed E-state index contributed by atoms with van der Waals surface area (Å²) in [5.41, 5.74) is 6.91. The van der Waals surface area contributed by atoms with E-state index in [1.54, 1.807) is 6.20 Å². The van der Waals surface area contributed by atoms with Crippen molar-refractivity contribution in [2.24, 2.45) is 5.73 Å². The molecule has 1 aromatic rings. The van der Waals surface area contributed by atoms with Gasteiger partial charge in [-0.25, -0.2) is 9.97 Å². The molecular weight excluding hydrogens is 259 g/mol. The van der Waals surface area contributed by atoms with Crippen LogP contribution in [-0.4, -0.2) is 22.1 Å². The Kier molecular flexibility index (Phi) is 4.56. The maximum atomic E-state index is 6.06. The molecule has 0 amide bonds. The molecule has 1 aromatic heterocycles. The van der Waals surface area contributed by atoms with Crippen molar-refractivity contribution in [3.63, 3.8) is 0 Å². The van der Waals surface area contributed by atoms with E-state index in [0.717, 1.165) is 18.4 Å². The van der Waals surface area contributed by atoms with Crippen LogP contribution in [0.1, 0.15) is 31.2 Å². The Hall–Kier alpha value is -0.420. The third-order valence-corrected chi connectivity index (χ3v) is 3.67. The van der Waals surface area contributed by atoms with E-state index in [1.807, 2.05) is 0 Å². The van der Waals surface area contributed by atoms with Crippen molar-refractivity contribution in [3.05, 3.63) is 22.2 Å². The predicted molar refractivity (Wildman–Crippen MR) is 69.1 cm³/mol. The van der Waals surface area contributed by atoms with Crippen LogP contribution < -0.4 is 11.1 Å². The molecule has 0 spiro atoms. The number of aromatic nitrogens is 2. The number of nitrogens with zero attached hydrogens (tertiary/aromatic N) is 2. The van der Waals surface area contributed by atoms with E-state index >= 15 is 0 Å². The SMILES string of the molecule is N[C@@H]1CCCC[C@@H]1NCc1cnc(Cl)nc1Cl. The molecule has 4 nitrogen and oxygen atoms in total. The maximum Gasteiger partial charge on any atom is 0.223 e. The molecule has 2 rings (SSSR count). The van der Waals surface area contributed by atoms with Gasteiger partial charge in [0.25, 0.3) is 0 Å². The van der Waals surface area contributed by atoms with Crippen molar-refractivity contribution in [2.45, 2.75) is 44.3 Å². The zero-order chi connectivity index (χ0) is 12.3. The molecule has 1 aliphatic rings. The van der Waals surface area contributed by atoms with Gasteiger partial charge in [0, 0.05) is 30.4 Å². The lowest BCUT2D eigenvalue weighted by molar-refractivity contribution is 0.326. The Labute approximate surface area is 111 Å². The minimum atomic E-state index is 0.174. The minimum Gasteiger partial charge on any atom is -0.326 e. The predicted octanol–water partition coefficient (Wildman–Crippen LogP) is 2.14. The van der Waals surface area contributed by atoms with Gasteiger partial charge in [0.05, 0.1) is 0 Å². The zero-order valence-electron chi connectivity index (χ0n) is 9.50. The van der Waals surface area contributed by atoms with Crippen LogP contribution in [0.5, 0.6) is 0 Å². The highest BCUT2D eigenvalue weighted by atomic mass is 35.5. The highest BCUT2D eigenvalue weighted by molar-refractivity contribution is 6.32. The van der Waals surface area contributed by atoms with Crippen molar-refractivity contribution >= 4 is 23.2 Å². The zero-order valence-corrected chi connectivity index (χ0v) is 11.0. The summed E-state index contributed by atoms with van der Waals surface area (Å²) < 4.78 is 0. The lowest BCUT2D eigenvalue weighted by Gasteiger charge is -2.29. The second-order valence-corrected chi connectivity index (χ2v) is 5.09. The molecule has 0 aromatic carbocycles. The maximum absolute atomic E-state index is 6.06. The van der Waals surface area contributed by atoms with Crippen LogP contribution in [0.4, 0.5) is 0 Å². The molecular formula is C11H16Cl2N4. The summed E-state index contributed by atoms with van der Waals surface area (Å²) in [6.45, 7) is 0.633. The van der Waals surface area contributed by atoms with Gasteiger partial charge in [-0.3, -0.25) is 0 Å². The Morgan fingerprint density at radius 3 is 2.82 bits per heavy atom. The third kappa shape index (κ3) is 3.52. The van der Waals surface area contributed by atoms with Gasteiger partial charge in [0.1, 0.15) is 5.15 Å². The lowest BCUT2D eigenvalue weighted by Crippen LogP contribution is -2.46. The van der Waals surface area contributed by atoms with Crippen LogP contribution >= 0.6 is 23.2 Å². The summed E-state index contributed by atoms with van der Waals surface area (Å²) in [4.78, 5) is 7.83. The summed E-state index contributed by atoms with van der Waals surface area (Å²) in [6.07, 6.45) is 6.31. The second-order valence-electron chi connectivity index (χ2n) is 4.39. The van der Waals surface area contributed by atoms with E-state index < -0.39 is 0 Å². The lowest BCUT2D eigenvalue weighted by atomic mass is 9.91. The van der Waals surface area contributed by atoms with Gasteiger partial charge in [-0.15, -0.1) is 0 Å². The van der Waals surface area contributed by atoms with Crippen molar-refractivity contribution in [1.29, 1.82) is 0 Å². The molecule has 1 fully saturated rings. The van der Waals surface area contributed by atoms with Crippen molar-refractivity contribution in [1.82, 2.24) is 15.3 Å². The Morgan fingerprint density at radius 1 is 1.35 bits per heavy atom. The Morgan fingerprint density at radius 2 is 2.12 bits per heavy atom. The summed E-state index contributed by atoms with van der Waals surface area (Å²) in [5, 5.41) is 3.99. The molecule has 6 heteroatoms. The minimum absolute atomic E-state index is 0.174. The first-order valence-electron chi connectivity index (χ1n) is 5.82. The van der Waals surface area contributed by atoms with E-state index in [2.05, 4.69) is 15.3 Å². The highest BCUT2D eigenvalue weighted by Crippen LogP contribution is 2.19. The topological polar surface area (TPSA) is 63.8 Å². The first kappa shape index (κ1) is 13.0. The first-order chi connectivity index (χ1) is 8.16. The van der Waals surface area contributed by atoms with Crippen LogP contribution in [0.15, 0.2) is 6.20 Å². The largest absolute Gasteiger partial charge is 0.326 e. The van der Waals surface area contributed by atoms with Crippen LogP contribution in [-0.2, 0) is 6.54 Å². The smallest absolute Gasteiger partial charge is 0.223 e. The van der Waals surface area contributed by atoms with Crippen molar-refractivity contribution in [2.75, 3.05) is 0 Å². The number of nitrogens with two attached hydrogens (primary N) is 1. The fourth-order valence-electron chi connectivity index (χ4n) is 2.14. The summed E-state index contributed by atoms with van der Waals surface area (Å²) in [7, 11) is 0. The molecule has 0 aliphatic heterocycles. The summed E-state index contributed by atoms with van der Waals surface area (Å²) in [6, 6.07) is 0.589. The molecule has 3 N–H and O–H groups in total. The van der Waals surface area contributed by atoms with Crippen molar-refractivity contribution in [3.8, 4) is 0 Å². The molecule has 2 atom stereocenters. The van der Waals surface area contributed by atoms with Gasteiger partial charge in [-0.1, -0.05) is 24.4 Å². The van der Waals surface area contributed by atoms with E-state index in [1.165, 1.54) is 12.8 Å². The van der Waals surface area contributed by atoms with Gasteiger partial charge >= 0.3 is 0 Å². The molecule has 0 saturated heterocycles. The van der Waals surface area contributed by atoms with Crippen LogP contribution in [0.3, 0.4) is 0 Å². The van der Waals surface area contributed by atoms with E-state index in [4.69, 9.17) is 28.9 Å². The van der Waals surface area contributed by atoms with Crippen molar-refractivity contribution < 1.29 is 0 Å². The van der Waals surface area contributed by atoms with E-state index in [0.29, 0.717) is 17.7 Å². The summed E-state index contributed by atoms with van der Waals surface area (Å²) >= 11 is 11.6. The van der Waals surface area contributed by atoms with E-state index in [-0.39, 0.29) is 11.3 Å².